The van der Waals surface area contributed by atoms with Crippen molar-refractivity contribution in [1.82, 2.24) is 10.6 Å². The number of carbonyl (C=O) groups is 2. The molecule has 4 nitrogen and oxygen atoms in total. The van der Waals surface area contributed by atoms with Crippen LogP contribution < -0.4 is 10.6 Å². The summed E-state index contributed by atoms with van der Waals surface area (Å²) in [6.45, 7) is 8.23. The van der Waals surface area contributed by atoms with Crippen molar-refractivity contribution in [3.8, 4) is 0 Å². The molecule has 0 bridgehead atoms. The van der Waals surface area contributed by atoms with Crippen molar-refractivity contribution in [1.29, 1.82) is 0 Å². The van der Waals surface area contributed by atoms with Crippen LogP contribution >= 0.6 is 50.1 Å². The number of rotatable bonds is 11. The second-order valence-corrected chi connectivity index (χ2v) is 11.6. The van der Waals surface area contributed by atoms with Gasteiger partial charge in [-0.05, 0) is 82.0 Å². The van der Waals surface area contributed by atoms with Crippen LogP contribution in [0.3, 0.4) is 0 Å². The minimum absolute atomic E-state index is 0.175. The number of carbonyl (C=O) groups excluding carboxylic acids is 2. The third-order valence-corrected chi connectivity index (χ3v) is 9.90. The van der Waals surface area contributed by atoms with Gasteiger partial charge in [0.15, 0.2) is 0 Å². The topological polar surface area (TPSA) is 58.2 Å². The lowest BCUT2D eigenvalue weighted by Gasteiger charge is -2.46. The first-order valence-corrected chi connectivity index (χ1v) is 13.8. The molecule has 2 rings (SSSR count). The molecule has 1 unspecified atom stereocenters. The van der Waals surface area contributed by atoms with Crippen molar-refractivity contribution < 1.29 is 14.0 Å². The molecule has 0 radical (unpaired) electrons. The molecule has 0 fully saturated rings. The maximum absolute atomic E-state index is 15.3. The lowest BCUT2D eigenvalue weighted by molar-refractivity contribution is -0.127. The Morgan fingerprint density at radius 1 is 1.15 bits per heavy atom. The van der Waals surface area contributed by atoms with E-state index in [0.717, 1.165) is 12.8 Å². The van der Waals surface area contributed by atoms with Crippen molar-refractivity contribution >= 4 is 61.9 Å². The van der Waals surface area contributed by atoms with Gasteiger partial charge in [-0.25, -0.2) is 4.39 Å². The van der Waals surface area contributed by atoms with E-state index >= 15 is 4.39 Å². The van der Waals surface area contributed by atoms with Gasteiger partial charge in [0.25, 0.3) is 5.91 Å². The van der Waals surface area contributed by atoms with E-state index in [1.165, 1.54) is 6.07 Å². The monoisotopic (exact) mass is 664 g/mol. The summed E-state index contributed by atoms with van der Waals surface area (Å²) in [5.74, 6) is -1.45. The van der Waals surface area contributed by atoms with Crippen LogP contribution in [0, 0.1) is 17.2 Å². The molecule has 2 amide bonds. The highest BCUT2D eigenvalue weighted by molar-refractivity contribution is 14.1. The highest BCUT2D eigenvalue weighted by atomic mass is 127. The molecule has 0 aliphatic heterocycles. The summed E-state index contributed by atoms with van der Waals surface area (Å²) in [6, 6.07) is 11.8. The van der Waals surface area contributed by atoms with Gasteiger partial charge in [-0.15, -0.1) is 0 Å². The number of nitrogens with one attached hydrogen (secondary N) is 2. The fourth-order valence-electron chi connectivity index (χ4n) is 4.10. The van der Waals surface area contributed by atoms with Gasteiger partial charge in [-0.3, -0.25) is 9.59 Å². The lowest BCUT2D eigenvalue weighted by atomic mass is 9.72. The van der Waals surface area contributed by atoms with Gasteiger partial charge < -0.3 is 10.6 Å². The van der Waals surface area contributed by atoms with Crippen molar-refractivity contribution in [2.24, 2.45) is 11.3 Å². The fraction of sp³-hybridized carbons (Fsp3) is 0.462. The third kappa shape index (κ3) is 6.32. The summed E-state index contributed by atoms with van der Waals surface area (Å²) < 4.78 is 14.8. The van der Waals surface area contributed by atoms with Crippen LogP contribution in [0.5, 0.6) is 0 Å². The zero-order chi connectivity index (χ0) is 25.5. The first-order chi connectivity index (χ1) is 16.0. The zero-order valence-electron chi connectivity index (χ0n) is 20.0. The van der Waals surface area contributed by atoms with Crippen LogP contribution in [0.2, 0.25) is 5.02 Å². The highest BCUT2D eigenvalue weighted by Gasteiger charge is 2.50. The second-order valence-electron chi connectivity index (χ2n) is 8.71. The van der Waals surface area contributed by atoms with Crippen molar-refractivity contribution in [2.75, 3.05) is 6.54 Å². The summed E-state index contributed by atoms with van der Waals surface area (Å²) >= 11 is 12.2. The van der Waals surface area contributed by atoms with Gasteiger partial charge >= 0.3 is 0 Å². The van der Waals surface area contributed by atoms with Crippen LogP contribution in [-0.4, -0.2) is 18.4 Å². The fourth-order valence-corrected chi connectivity index (χ4v) is 6.33. The standard InChI is InChI=1S/C26H32BrClFIN2O2/c1-5-15-25(4,7-3)26(30,21-20(29)14-13-19(27)22(21)28)32-24(34)17(6-2)16-31-23(33)18-11-9-8-10-12-18/h8-14,17H,5-7,15-16H2,1-4H3,(H,31,33)(H,32,34)/t17-,25?,26-/m1/s1. The first-order valence-electron chi connectivity index (χ1n) is 11.5. The molecule has 2 N–H and O–H groups in total. The summed E-state index contributed by atoms with van der Waals surface area (Å²) in [6.07, 6.45) is 2.84. The number of benzene rings is 2. The molecule has 8 heteroatoms. The first kappa shape index (κ1) is 29.0. The molecular formula is C26H32BrClFIN2O2. The minimum atomic E-state index is -1.10. The quantitative estimate of drug-likeness (QED) is 0.112. The molecule has 34 heavy (non-hydrogen) atoms. The molecule has 2 aromatic rings. The van der Waals surface area contributed by atoms with Gasteiger partial charge in [0.1, 0.15) is 9.36 Å². The Morgan fingerprint density at radius 2 is 1.79 bits per heavy atom. The predicted octanol–water partition coefficient (Wildman–Crippen LogP) is 7.62. The molecule has 0 aliphatic carbocycles. The number of alkyl halides is 1. The Labute approximate surface area is 229 Å². The number of hydrogen-bond donors (Lipinski definition) is 2. The average molecular weight is 666 g/mol. The Hall–Kier alpha value is -1.19. The Morgan fingerprint density at radius 3 is 2.35 bits per heavy atom. The molecule has 186 valence electrons. The van der Waals surface area contributed by atoms with Crippen LogP contribution in [-0.2, 0) is 8.34 Å². The molecule has 0 saturated heterocycles. The largest absolute Gasteiger partial charge is 0.351 e. The molecule has 3 atom stereocenters. The Kier molecular flexibility index (Phi) is 10.8. The van der Waals surface area contributed by atoms with Crippen LogP contribution in [0.25, 0.3) is 0 Å². The molecule has 0 heterocycles. The minimum Gasteiger partial charge on any atom is -0.351 e. The van der Waals surface area contributed by atoms with Gasteiger partial charge in [0.05, 0.1) is 10.9 Å². The predicted molar refractivity (Wildman–Crippen MR) is 149 cm³/mol. The molecule has 0 spiro atoms. The third-order valence-electron chi connectivity index (χ3n) is 6.51. The van der Waals surface area contributed by atoms with E-state index in [-0.39, 0.29) is 28.9 Å². The average Bonchev–Trinajstić information content (AvgIpc) is 2.82. The second kappa shape index (κ2) is 12.7. The van der Waals surface area contributed by atoms with Gasteiger partial charge in [-0.1, -0.05) is 63.9 Å². The van der Waals surface area contributed by atoms with Crippen LogP contribution in [0.4, 0.5) is 4.39 Å². The van der Waals surface area contributed by atoms with E-state index in [0.29, 0.717) is 22.9 Å². The molecule has 0 saturated carbocycles. The zero-order valence-corrected chi connectivity index (χ0v) is 24.5. The van der Waals surface area contributed by atoms with Crippen molar-refractivity contribution in [3.05, 3.63) is 68.9 Å². The van der Waals surface area contributed by atoms with Gasteiger partial charge in [0.2, 0.25) is 5.91 Å². The molecule has 0 aliphatic rings. The normalized spacial score (nSPS) is 15.6. The van der Waals surface area contributed by atoms with E-state index in [1.807, 2.05) is 19.9 Å². The van der Waals surface area contributed by atoms with Gasteiger partial charge in [-0.2, -0.15) is 0 Å². The van der Waals surface area contributed by atoms with E-state index in [4.69, 9.17) is 11.6 Å². The summed E-state index contributed by atoms with van der Waals surface area (Å²) in [5, 5.41) is 6.26. The number of halogens is 4. The Bertz CT molecular complexity index is 1010. The summed E-state index contributed by atoms with van der Waals surface area (Å²) in [7, 11) is 0. The van der Waals surface area contributed by atoms with Crippen molar-refractivity contribution in [2.45, 2.75) is 56.9 Å². The molecule has 0 aromatic heterocycles. The summed E-state index contributed by atoms with van der Waals surface area (Å²) in [4.78, 5) is 26.0. The Balaban J connectivity index is 2.39. The highest BCUT2D eigenvalue weighted by Crippen LogP contribution is 2.54. The number of hydrogen-bond acceptors (Lipinski definition) is 2. The van der Waals surface area contributed by atoms with Gasteiger partial charge in [0, 0.05) is 27.6 Å². The van der Waals surface area contributed by atoms with E-state index < -0.39 is 20.7 Å². The maximum Gasteiger partial charge on any atom is 0.251 e. The summed E-state index contributed by atoms with van der Waals surface area (Å²) in [5.41, 5.74) is 0.318. The van der Waals surface area contributed by atoms with E-state index in [2.05, 4.69) is 63.0 Å². The lowest BCUT2D eigenvalue weighted by Crippen LogP contribution is -2.55. The number of amides is 2. The van der Waals surface area contributed by atoms with Crippen molar-refractivity contribution in [3.63, 3.8) is 0 Å². The molecular weight excluding hydrogens is 634 g/mol. The SMILES string of the molecule is CCCC(C)(CC)[C@](I)(NC(=O)[C@H](CC)CNC(=O)c1ccccc1)c1c(F)ccc(Br)c1Cl. The smallest absolute Gasteiger partial charge is 0.251 e. The van der Waals surface area contributed by atoms with E-state index in [1.54, 1.807) is 30.3 Å². The van der Waals surface area contributed by atoms with Crippen LogP contribution in [0.15, 0.2) is 46.9 Å². The molecule has 2 aromatic carbocycles. The van der Waals surface area contributed by atoms with E-state index in [9.17, 15) is 9.59 Å². The maximum atomic E-state index is 15.3. The van der Waals surface area contributed by atoms with Crippen LogP contribution in [0.1, 0.15) is 69.3 Å².